The second-order valence-electron chi connectivity index (χ2n) is 3.75. The van der Waals surface area contributed by atoms with E-state index in [9.17, 15) is 0 Å². The van der Waals surface area contributed by atoms with Crippen LogP contribution in [0.2, 0.25) is 0 Å². The standard InChI is InChI=1S/C13H14N2/c1-10-4-6-11(7-5-10)13(14)12-3-2-8-15-9-12/h2-9,13H,14H2,1H3/p+1/t13-/m0/s1. The number of nitrogens with zero attached hydrogens (tertiary/aromatic N) is 1. The predicted octanol–water partition coefficient (Wildman–Crippen LogP) is 1.72. The summed E-state index contributed by atoms with van der Waals surface area (Å²) >= 11 is 0. The van der Waals surface area contributed by atoms with Crippen molar-refractivity contribution in [3.05, 3.63) is 65.5 Å². The fraction of sp³-hybridized carbons (Fsp3) is 0.154. The Hall–Kier alpha value is -1.67. The first-order valence-corrected chi connectivity index (χ1v) is 5.07. The Balaban J connectivity index is 2.29. The van der Waals surface area contributed by atoms with Crippen molar-refractivity contribution >= 4 is 0 Å². The third-order valence-electron chi connectivity index (χ3n) is 2.57. The van der Waals surface area contributed by atoms with Gasteiger partial charge in [0.05, 0.1) is 0 Å². The van der Waals surface area contributed by atoms with E-state index >= 15 is 0 Å². The van der Waals surface area contributed by atoms with E-state index in [1.54, 1.807) is 6.20 Å². The lowest BCUT2D eigenvalue weighted by molar-refractivity contribution is -0.411. The van der Waals surface area contributed by atoms with Gasteiger partial charge in [-0.2, -0.15) is 0 Å². The highest BCUT2D eigenvalue weighted by atomic mass is 14.7. The highest BCUT2D eigenvalue weighted by Crippen LogP contribution is 2.16. The Labute approximate surface area is 89.8 Å². The number of hydrogen-bond donors (Lipinski definition) is 1. The molecule has 2 nitrogen and oxygen atoms in total. The fourth-order valence-corrected chi connectivity index (χ4v) is 1.57. The van der Waals surface area contributed by atoms with E-state index in [0.29, 0.717) is 0 Å². The number of quaternary nitrogens is 1. The zero-order valence-corrected chi connectivity index (χ0v) is 8.85. The van der Waals surface area contributed by atoms with Crippen LogP contribution < -0.4 is 5.73 Å². The third kappa shape index (κ3) is 2.22. The molecule has 76 valence electrons. The van der Waals surface area contributed by atoms with Gasteiger partial charge >= 0.3 is 0 Å². The topological polar surface area (TPSA) is 40.5 Å². The molecule has 0 aliphatic heterocycles. The predicted molar refractivity (Wildman–Crippen MR) is 60.1 cm³/mol. The minimum Gasteiger partial charge on any atom is -0.348 e. The normalized spacial score (nSPS) is 12.4. The summed E-state index contributed by atoms with van der Waals surface area (Å²) in [6, 6.07) is 12.7. The highest BCUT2D eigenvalue weighted by Gasteiger charge is 2.11. The Morgan fingerprint density at radius 1 is 1.07 bits per heavy atom. The zero-order chi connectivity index (χ0) is 10.7. The van der Waals surface area contributed by atoms with E-state index < -0.39 is 0 Å². The molecule has 1 atom stereocenters. The molecule has 2 heteroatoms. The lowest BCUT2D eigenvalue weighted by atomic mass is 10.0. The second-order valence-corrected chi connectivity index (χ2v) is 3.75. The summed E-state index contributed by atoms with van der Waals surface area (Å²) in [5, 5.41) is 0. The van der Waals surface area contributed by atoms with Gasteiger partial charge in [0.2, 0.25) is 0 Å². The van der Waals surface area contributed by atoms with Gasteiger partial charge in [-0.3, -0.25) is 4.98 Å². The van der Waals surface area contributed by atoms with Crippen LogP contribution >= 0.6 is 0 Å². The number of pyridine rings is 1. The first-order valence-electron chi connectivity index (χ1n) is 5.07. The summed E-state index contributed by atoms with van der Waals surface area (Å²) in [6.07, 6.45) is 3.66. The molecule has 0 aliphatic carbocycles. The highest BCUT2D eigenvalue weighted by molar-refractivity contribution is 5.29. The average molecular weight is 199 g/mol. The van der Waals surface area contributed by atoms with E-state index in [1.165, 1.54) is 11.1 Å². The molecule has 3 N–H and O–H groups in total. The van der Waals surface area contributed by atoms with Crippen molar-refractivity contribution in [2.24, 2.45) is 0 Å². The number of rotatable bonds is 2. The van der Waals surface area contributed by atoms with Gasteiger partial charge in [-0.05, 0) is 19.1 Å². The van der Waals surface area contributed by atoms with Crippen LogP contribution in [0, 0.1) is 6.92 Å². The minimum atomic E-state index is 0.166. The number of hydrogen-bond acceptors (Lipinski definition) is 1. The van der Waals surface area contributed by atoms with Crippen LogP contribution in [0.15, 0.2) is 48.8 Å². The van der Waals surface area contributed by atoms with E-state index in [0.717, 1.165) is 5.56 Å². The molecule has 15 heavy (non-hydrogen) atoms. The first-order chi connectivity index (χ1) is 7.27. The maximum Gasteiger partial charge on any atom is 0.137 e. The molecule has 0 amide bonds. The van der Waals surface area contributed by atoms with Crippen LogP contribution in [0.1, 0.15) is 22.7 Å². The molecule has 0 spiro atoms. The molecule has 0 bridgehead atoms. The Bertz CT molecular complexity index is 420. The number of benzene rings is 1. The SMILES string of the molecule is Cc1ccc([C@H]([NH3+])c2cccnc2)cc1. The Morgan fingerprint density at radius 3 is 2.40 bits per heavy atom. The monoisotopic (exact) mass is 199 g/mol. The molecule has 0 unspecified atom stereocenters. The molecule has 1 aromatic carbocycles. The van der Waals surface area contributed by atoms with Crippen LogP contribution in [0.3, 0.4) is 0 Å². The van der Waals surface area contributed by atoms with E-state index in [4.69, 9.17) is 0 Å². The van der Waals surface area contributed by atoms with Gasteiger partial charge in [0.1, 0.15) is 6.04 Å². The van der Waals surface area contributed by atoms with Crippen LogP contribution in [0.4, 0.5) is 0 Å². The average Bonchev–Trinajstić information content (AvgIpc) is 2.30. The maximum absolute atomic E-state index is 4.17. The van der Waals surface area contributed by atoms with Crippen LogP contribution in [-0.4, -0.2) is 4.98 Å². The molecule has 0 fully saturated rings. The lowest BCUT2D eigenvalue weighted by Crippen LogP contribution is -2.54. The fourth-order valence-electron chi connectivity index (χ4n) is 1.57. The molecular weight excluding hydrogens is 184 g/mol. The Morgan fingerprint density at radius 2 is 1.80 bits per heavy atom. The molecule has 0 saturated carbocycles. The van der Waals surface area contributed by atoms with Gasteiger partial charge < -0.3 is 5.73 Å². The molecule has 1 aromatic heterocycles. The molecule has 0 saturated heterocycles. The molecule has 0 radical (unpaired) electrons. The van der Waals surface area contributed by atoms with Crippen molar-refractivity contribution in [2.75, 3.05) is 0 Å². The summed E-state index contributed by atoms with van der Waals surface area (Å²) < 4.78 is 0. The van der Waals surface area contributed by atoms with Crippen molar-refractivity contribution in [1.82, 2.24) is 4.98 Å². The van der Waals surface area contributed by atoms with Crippen molar-refractivity contribution in [2.45, 2.75) is 13.0 Å². The minimum absolute atomic E-state index is 0.166. The summed E-state index contributed by atoms with van der Waals surface area (Å²) in [5.74, 6) is 0. The largest absolute Gasteiger partial charge is 0.348 e. The number of aromatic nitrogens is 1. The lowest BCUT2D eigenvalue weighted by Gasteiger charge is -2.08. The van der Waals surface area contributed by atoms with Gasteiger partial charge in [0.15, 0.2) is 0 Å². The smallest absolute Gasteiger partial charge is 0.137 e. The van der Waals surface area contributed by atoms with Gasteiger partial charge in [-0.25, -0.2) is 0 Å². The van der Waals surface area contributed by atoms with Crippen molar-refractivity contribution in [1.29, 1.82) is 0 Å². The van der Waals surface area contributed by atoms with Crippen LogP contribution in [0.5, 0.6) is 0 Å². The molecular formula is C13H15N2+. The van der Waals surface area contributed by atoms with E-state index in [-0.39, 0.29) is 6.04 Å². The van der Waals surface area contributed by atoms with Gasteiger partial charge in [0.25, 0.3) is 0 Å². The van der Waals surface area contributed by atoms with Gasteiger partial charge in [0, 0.05) is 23.5 Å². The second kappa shape index (κ2) is 4.24. The Kier molecular flexibility index (Phi) is 2.79. The van der Waals surface area contributed by atoms with E-state index in [2.05, 4.69) is 48.0 Å². The van der Waals surface area contributed by atoms with Crippen LogP contribution in [-0.2, 0) is 0 Å². The van der Waals surface area contributed by atoms with Gasteiger partial charge in [-0.1, -0.05) is 29.8 Å². The quantitative estimate of drug-likeness (QED) is 0.786. The van der Waals surface area contributed by atoms with Gasteiger partial charge in [-0.15, -0.1) is 0 Å². The first kappa shape index (κ1) is 9.87. The zero-order valence-electron chi connectivity index (χ0n) is 8.85. The van der Waals surface area contributed by atoms with Crippen molar-refractivity contribution < 1.29 is 5.73 Å². The molecule has 1 heterocycles. The number of aryl methyl sites for hydroxylation is 1. The van der Waals surface area contributed by atoms with Crippen molar-refractivity contribution in [3.8, 4) is 0 Å². The third-order valence-corrected chi connectivity index (χ3v) is 2.57. The molecule has 0 aliphatic rings. The summed E-state index contributed by atoms with van der Waals surface area (Å²) in [4.78, 5) is 4.11. The van der Waals surface area contributed by atoms with E-state index in [1.807, 2.05) is 12.3 Å². The summed E-state index contributed by atoms with van der Waals surface area (Å²) in [5.41, 5.74) is 7.83. The van der Waals surface area contributed by atoms with Crippen LogP contribution in [0.25, 0.3) is 0 Å². The summed E-state index contributed by atoms with van der Waals surface area (Å²) in [7, 11) is 0. The maximum atomic E-state index is 4.17. The summed E-state index contributed by atoms with van der Waals surface area (Å²) in [6.45, 7) is 2.09. The molecule has 2 aromatic rings. The molecule has 2 rings (SSSR count). The van der Waals surface area contributed by atoms with Crippen molar-refractivity contribution in [3.63, 3.8) is 0 Å².